The van der Waals surface area contributed by atoms with Gasteiger partial charge in [0.05, 0.1) is 11.7 Å². The van der Waals surface area contributed by atoms with E-state index in [2.05, 4.69) is 11.1 Å². The summed E-state index contributed by atoms with van der Waals surface area (Å²) in [5, 5.41) is 11.7. The lowest BCUT2D eigenvalue weighted by molar-refractivity contribution is -0.255. The minimum atomic E-state index is -1.16. The second-order valence-electron chi connectivity index (χ2n) is 3.89. The predicted molar refractivity (Wildman–Crippen MR) is 56.8 cm³/mol. The summed E-state index contributed by atoms with van der Waals surface area (Å²) in [4.78, 5) is 13.6. The van der Waals surface area contributed by atoms with E-state index in [1.807, 2.05) is 20.8 Å². The highest BCUT2D eigenvalue weighted by molar-refractivity contribution is 5.95. The summed E-state index contributed by atoms with van der Waals surface area (Å²) >= 11 is 0. The predicted octanol–water partition coefficient (Wildman–Crippen LogP) is 1.46. The standard InChI is InChI=1S/C12H13NO2/c1-6-4-7(2)9-5-10(12(14)15)13-11(9)8(6)3/h4-5,13H,1-3H3,(H,14,15)/p-1. The number of hydrogen-bond acceptors (Lipinski definition) is 2. The molecule has 0 aliphatic carbocycles. The van der Waals surface area contributed by atoms with Gasteiger partial charge in [0, 0.05) is 10.9 Å². The smallest absolute Gasteiger partial charge is 0.0878 e. The Hall–Kier alpha value is -1.77. The van der Waals surface area contributed by atoms with Gasteiger partial charge < -0.3 is 14.9 Å². The molecule has 1 heterocycles. The monoisotopic (exact) mass is 202 g/mol. The van der Waals surface area contributed by atoms with Gasteiger partial charge in [-0.3, -0.25) is 0 Å². The lowest BCUT2D eigenvalue weighted by atomic mass is 10.0. The maximum Gasteiger partial charge on any atom is 0.0878 e. The summed E-state index contributed by atoms with van der Waals surface area (Å²) in [6, 6.07) is 3.69. The molecule has 15 heavy (non-hydrogen) atoms. The molecule has 0 amide bonds. The van der Waals surface area contributed by atoms with Crippen LogP contribution in [0.5, 0.6) is 0 Å². The van der Waals surface area contributed by atoms with Crippen molar-refractivity contribution in [2.45, 2.75) is 20.8 Å². The van der Waals surface area contributed by atoms with Crippen molar-refractivity contribution in [3.63, 3.8) is 0 Å². The first-order valence-corrected chi connectivity index (χ1v) is 4.81. The summed E-state index contributed by atoms with van der Waals surface area (Å²) in [6.45, 7) is 5.97. The fourth-order valence-corrected chi connectivity index (χ4v) is 1.88. The molecule has 0 fully saturated rings. The summed E-state index contributed by atoms with van der Waals surface area (Å²) in [7, 11) is 0. The topological polar surface area (TPSA) is 55.9 Å². The molecule has 1 aromatic heterocycles. The molecule has 2 aromatic rings. The number of fused-ring (bicyclic) bond motifs is 1. The quantitative estimate of drug-likeness (QED) is 0.761. The molecular formula is C12H12NO2-. The van der Waals surface area contributed by atoms with E-state index in [1.165, 1.54) is 0 Å². The lowest BCUT2D eigenvalue weighted by Crippen LogP contribution is -2.22. The van der Waals surface area contributed by atoms with Crippen molar-refractivity contribution < 1.29 is 9.90 Å². The molecule has 3 heteroatoms. The van der Waals surface area contributed by atoms with E-state index in [9.17, 15) is 9.90 Å². The minimum Gasteiger partial charge on any atom is -0.543 e. The van der Waals surface area contributed by atoms with Crippen LogP contribution in [0.1, 0.15) is 27.2 Å². The van der Waals surface area contributed by atoms with Gasteiger partial charge in [0.1, 0.15) is 0 Å². The zero-order valence-electron chi connectivity index (χ0n) is 8.97. The Bertz CT molecular complexity index is 552. The van der Waals surface area contributed by atoms with Crippen molar-refractivity contribution in [3.8, 4) is 0 Å². The first-order valence-electron chi connectivity index (χ1n) is 4.81. The van der Waals surface area contributed by atoms with Crippen LogP contribution in [0.25, 0.3) is 10.9 Å². The van der Waals surface area contributed by atoms with Crippen molar-refractivity contribution >= 4 is 16.9 Å². The maximum atomic E-state index is 10.7. The number of carbonyl (C=O) groups excluding carboxylic acids is 1. The van der Waals surface area contributed by atoms with Gasteiger partial charge in [-0.25, -0.2) is 0 Å². The van der Waals surface area contributed by atoms with Crippen LogP contribution in [-0.2, 0) is 0 Å². The molecule has 0 spiro atoms. The number of carboxylic acid groups (broad SMARTS) is 1. The number of aryl methyl sites for hydroxylation is 3. The number of H-pyrrole nitrogens is 1. The number of aromatic carboxylic acids is 1. The second-order valence-corrected chi connectivity index (χ2v) is 3.89. The number of aromatic nitrogens is 1. The van der Waals surface area contributed by atoms with Gasteiger partial charge in [-0.05, 0) is 43.5 Å². The van der Waals surface area contributed by atoms with E-state index in [0.29, 0.717) is 0 Å². The Balaban J connectivity index is 2.85. The first-order chi connectivity index (χ1) is 7.00. The van der Waals surface area contributed by atoms with Gasteiger partial charge in [-0.2, -0.15) is 0 Å². The number of benzene rings is 1. The molecule has 0 aliphatic heterocycles. The summed E-state index contributed by atoms with van der Waals surface area (Å²) in [5.74, 6) is -1.16. The normalized spacial score (nSPS) is 10.9. The number of carbonyl (C=O) groups is 1. The fourth-order valence-electron chi connectivity index (χ4n) is 1.88. The van der Waals surface area contributed by atoms with E-state index >= 15 is 0 Å². The van der Waals surface area contributed by atoms with E-state index in [-0.39, 0.29) is 5.69 Å². The zero-order chi connectivity index (χ0) is 11.2. The largest absolute Gasteiger partial charge is 0.543 e. The van der Waals surface area contributed by atoms with Crippen molar-refractivity contribution in [1.29, 1.82) is 0 Å². The number of hydrogen-bond donors (Lipinski definition) is 1. The molecule has 78 valence electrons. The van der Waals surface area contributed by atoms with E-state index in [0.717, 1.165) is 27.6 Å². The second kappa shape index (κ2) is 3.12. The van der Waals surface area contributed by atoms with Gasteiger partial charge in [-0.1, -0.05) is 6.07 Å². The highest BCUT2D eigenvalue weighted by atomic mass is 16.4. The molecule has 0 saturated carbocycles. The van der Waals surface area contributed by atoms with Crippen LogP contribution in [0.2, 0.25) is 0 Å². The van der Waals surface area contributed by atoms with Crippen LogP contribution in [0.3, 0.4) is 0 Å². The highest BCUT2D eigenvalue weighted by Gasteiger charge is 2.08. The van der Waals surface area contributed by atoms with Crippen LogP contribution < -0.4 is 5.11 Å². The number of carboxylic acids is 1. The number of nitrogens with one attached hydrogen (secondary N) is 1. The van der Waals surface area contributed by atoms with Crippen molar-refractivity contribution in [2.24, 2.45) is 0 Å². The molecule has 1 aromatic carbocycles. The van der Waals surface area contributed by atoms with Crippen LogP contribution >= 0.6 is 0 Å². The van der Waals surface area contributed by atoms with Gasteiger partial charge in [0.25, 0.3) is 0 Å². The van der Waals surface area contributed by atoms with Crippen LogP contribution in [0.4, 0.5) is 0 Å². The maximum absolute atomic E-state index is 10.7. The summed E-state index contributed by atoms with van der Waals surface area (Å²) in [6.07, 6.45) is 0. The molecule has 1 N–H and O–H groups in total. The summed E-state index contributed by atoms with van der Waals surface area (Å²) in [5.41, 5.74) is 4.36. The van der Waals surface area contributed by atoms with Crippen LogP contribution in [0.15, 0.2) is 12.1 Å². The number of aromatic amines is 1. The highest BCUT2D eigenvalue weighted by Crippen LogP contribution is 2.25. The van der Waals surface area contributed by atoms with E-state index in [4.69, 9.17) is 0 Å². The van der Waals surface area contributed by atoms with Gasteiger partial charge in [0.2, 0.25) is 0 Å². The van der Waals surface area contributed by atoms with Crippen molar-refractivity contribution in [2.75, 3.05) is 0 Å². The van der Waals surface area contributed by atoms with Gasteiger partial charge in [0.15, 0.2) is 0 Å². The third-order valence-corrected chi connectivity index (χ3v) is 2.86. The summed E-state index contributed by atoms with van der Waals surface area (Å²) < 4.78 is 0. The fraction of sp³-hybridized carbons (Fsp3) is 0.250. The Morgan fingerprint density at radius 2 is 1.87 bits per heavy atom. The molecule has 0 atom stereocenters. The average molecular weight is 202 g/mol. The minimum absolute atomic E-state index is 0.141. The van der Waals surface area contributed by atoms with E-state index < -0.39 is 5.97 Å². The molecule has 0 unspecified atom stereocenters. The Morgan fingerprint density at radius 3 is 2.47 bits per heavy atom. The van der Waals surface area contributed by atoms with Crippen LogP contribution in [0, 0.1) is 20.8 Å². The molecule has 3 nitrogen and oxygen atoms in total. The van der Waals surface area contributed by atoms with Gasteiger partial charge >= 0.3 is 0 Å². The van der Waals surface area contributed by atoms with E-state index in [1.54, 1.807) is 6.07 Å². The van der Waals surface area contributed by atoms with Crippen molar-refractivity contribution in [3.05, 3.63) is 34.5 Å². The SMILES string of the molecule is Cc1cc(C)c2cc(C(=O)[O-])[nH]c2c1C. The van der Waals surface area contributed by atoms with Crippen molar-refractivity contribution in [1.82, 2.24) is 4.98 Å². The van der Waals surface area contributed by atoms with Gasteiger partial charge in [-0.15, -0.1) is 0 Å². The Morgan fingerprint density at radius 1 is 1.20 bits per heavy atom. The Kier molecular flexibility index (Phi) is 2.03. The molecule has 2 rings (SSSR count). The molecule has 0 bridgehead atoms. The van der Waals surface area contributed by atoms with Crippen LogP contribution in [-0.4, -0.2) is 11.0 Å². The third-order valence-electron chi connectivity index (χ3n) is 2.86. The molecular weight excluding hydrogens is 190 g/mol. The number of rotatable bonds is 1. The zero-order valence-corrected chi connectivity index (χ0v) is 8.97. The third kappa shape index (κ3) is 1.40. The first kappa shape index (κ1) is 9.77. The molecule has 0 aliphatic rings. The Labute approximate surface area is 87.7 Å². The average Bonchev–Trinajstić information content (AvgIpc) is 2.59. The lowest BCUT2D eigenvalue weighted by Gasteiger charge is -2.04. The molecule has 0 radical (unpaired) electrons. The molecule has 0 saturated heterocycles.